The van der Waals surface area contributed by atoms with Gasteiger partial charge >= 0.3 is 6.18 Å². The minimum atomic E-state index is -4.49. The molecule has 3 aromatic heterocycles. The van der Waals surface area contributed by atoms with Crippen molar-refractivity contribution in [2.24, 2.45) is 0 Å². The number of benzene rings is 1. The lowest BCUT2D eigenvalue weighted by Gasteiger charge is -2.34. The molecule has 2 aliphatic rings. The molecule has 0 bridgehead atoms. The quantitative estimate of drug-likeness (QED) is 0.279. The van der Waals surface area contributed by atoms with E-state index in [4.69, 9.17) is 4.74 Å². The number of pyridine rings is 2. The molecule has 13 heteroatoms. The van der Waals surface area contributed by atoms with E-state index < -0.39 is 11.7 Å². The molecule has 2 aliphatic heterocycles. The van der Waals surface area contributed by atoms with E-state index in [1.165, 1.54) is 19.2 Å². The minimum absolute atomic E-state index is 0.241. The Morgan fingerprint density at radius 2 is 1.84 bits per heavy atom. The summed E-state index contributed by atoms with van der Waals surface area (Å²) in [5, 5.41) is 5.76. The number of anilines is 3. The van der Waals surface area contributed by atoms with Gasteiger partial charge in [0.1, 0.15) is 11.6 Å². The number of likely N-dealkylation sites (N-methyl/N-ethyl adjacent to an activating group) is 1. The van der Waals surface area contributed by atoms with Gasteiger partial charge in [0.15, 0.2) is 11.4 Å². The Balaban J connectivity index is 1.26. The molecule has 1 saturated heterocycles. The standard InChI is InChI=1S/C30H33F3N8O2/c1-3-39-11-13-40(14-12-39)18-20-6-7-21(15-24(20)30(31,32)33)37-29-38-28-27-23(5-4-10-41(27)29)25(17-35-28)43-22-8-9-34-26(16-22)36-19(2)42/h6-9,15-17H,3-5,10-14,18H2,1-2H3,(H,34,36,42)(H,35,37,38). The van der Waals surface area contributed by atoms with Crippen LogP contribution in [-0.4, -0.2) is 67.9 Å². The molecule has 5 heterocycles. The minimum Gasteiger partial charge on any atom is -0.455 e. The number of halogens is 3. The molecule has 0 aliphatic carbocycles. The summed E-state index contributed by atoms with van der Waals surface area (Å²) in [7, 11) is 0. The van der Waals surface area contributed by atoms with E-state index in [0.29, 0.717) is 41.1 Å². The van der Waals surface area contributed by atoms with Crippen LogP contribution in [0.15, 0.2) is 42.7 Å². The van der Waals surface area contributed by atoms with Crippen molar-refractivity contribution < 1.29 is 22.7 Å². The SMILES string of the molecule is CCN1CCN(Cc2ccc(Nc3nc4ncc(Oc5ccnc(NC(C)=O)c5)c5c4n3CCC5)cc2C(F)(F)F)CC1. The number of aryl methyl sites for hydroxylation is 2. The number of carbonyl (C=O) groups excluding carboxylic acids is 1. The zero-order valence-electron chi connectivity index (χ0n) is 24.0. The molecule has 1 aromatic carbocycles. The second-order valence-electron chi connectivity index (χ2n) is 10.8. The molecule has 6 rings (SSSR count). The van der Waals surface area contributed by atoms with E-state index in [-0.39, 0.29) is 18.0 Å². The number of alkyl halides is 3. The van der Waals surface area contributed by atoms with Crippen LogP contribution in [0.1, 0.15) is 37.0 Å². The van der Waals surface area contributed by atoms with Crippen molar-refractivity contribution >= 4 is 34.5 Å². The average molecular weight is 595 g/mol. The lowest BCUT2D eigenvalue weighted by molar-refractivity contribution is -0.138. The van der Waals surface area contributed by atoms with Crippen LogP contribution >= 0.6 is 0 Å². The maximum Gasteiger partial charge on any atom is 0.416 e. The Morgan fingerprint density at radius 3 is 2.58 bits per heavy atom. The highest BCUT2D eigenvalue weighted by Crippen LogP contribution is 2.38. The number of aromatic nitrogens is 4. The van der Waals surface area contributed by atoms with E-state index in [1.807, 2.05) is 4.57 Å². The first-order valence-corrected chi connectivity index (χ1v) is 14.4. The topological polar surface area (TPSA) is 100 Å². The lowest BCUT2D eigenvalue weighted by Crippen LogP contribution is -2.45. The second-order valence-corrected chi connectivity index (χ2v) is 10.8. The van der Waals surface area contributed by atoms with E-state index in [2.05, 4.69) is 42.3 Å². The molecular weight excluding hydrogens is 561 g/mol. The van der Waals surface area contributed by atoms with Crippen molar-refractivity contribution in [3.63, 3.8) is 0 Å². The monoisotopic (exact) mass is 594 g/mol. The number of rotatable bonds is 8. The van der Waals surface area contributed by atoms with Gasteiger partial charge in [-0.2, -0.15) is 18.2 Å². The van der Waals surface area contributed by atoms with Crippen LogP contribution in [0.25, 0.3) is 11.2 Å². The molecule has 4 aromatic rings. The molecule has 0 saturated carbocycles. The van der Waals surface area contributed by atoms with Gasteiger partial charge in [-0.25, -0.2) is 9.97 Å². The number of amides is 1. The Hall–Kier alpha value is -4.23. The highest BCUT2D eigenvalue weighted by molar-refractivity contribution is 5.87. The van der Waals surface area contributed by atoms with Crippen molar-refractivity contribution in [3.05, 3.63) is 59.4 Å². The second kappa shape index (κ2) is 11.8. The summed E-state index contributed by atoms with van der Waals surface area (Å²) in [6, 6.07) is 7.73. The normalized spacial score (nSPS) is 15.9. The maximum absolute atomic E-state index is 14.2. The zero-order chi connectivity index (χ0) is 30.1. The maximum atomic E-state index is 14.2. The molecule has 0 unspecified atom stereocenters. The first kappa shape index (κ1) is 28.9. The highest BCUT2D eigenvalue weighted by Gasteiger charge is 2.34. The molecule has 226 valence electrons. The van der Waals surface area contributed by atoms with Crippen molar-refractivity contribution in [1.29, 1.82) is 0 Å². The third-order valence-electron chi connectivity index (χ3n) is 7.89. The summed E-state index contributed by atoms with van der Waals surface area (Å²) >= 11 is 0. The largest absolute Gasteiger partial charge is 0.455 e. The lowest BCUT2D eigenvalue weighted by atomic mass is 10.0. The van der Waals surface area contributed by atoms with Gasteiger partial charge in [-0.3, -0.25) is 9.69 Å². The van der Waals surface area contributed by atoms with Crippen molar-refractivity contribution in [1.82, 2.24) is 29.3 Å². The fraction of sp³-hybridized carbons (Fsp3) is 0.400. The summed E-state index contributed by atoms with van der Waals surface area (Å²) in [5.41, 5.74) is 2.10. The van der Waals surface area contributed by atoms with Crippen molar-refractivity contribution in [2.75, 3.05) is 43.4 Å². The summed E-state index contributed by atoms with van der Waals surface area (Å²) in [6.07, 6.45) is 0.163. The van der Waals surface area contributed by atoms with Gasteiger partial charge in [-0.1, -0.05) is 13.0 Å². The Bertz CT molecular complexity index is 1650. The summed E-state index contributed by atoms with van der Waals surface area (Å²) < 4.78 is 50.7. The van der Waals surface area contributed by atoms with Crippen LogP contribution < -0.4 is 15.4 Å². The molecule has 1 amide bonds. The highest BCUT2D eigenvalue weighted by atomic mass is 19.4. The van der Waals surface area contributed by atoms with Gasteiger partial charge in [0.25, 0.3) is 0 Å². The van der Waals surface area contributed by atoms with Crippen molar-refractivity contribution in [2.45, 2.75) is 46.0 Å². The van der Waals surface area contributed by atoms with Gasteiger partial charge in [-0.05, 0) is 43.1 Å². The summed E-state index contributed by atoms with van der Waals surface area (Å²) in [4.78, 5) is 29.0. The van der Waals surface area contributed by atoms with Crippen LogP contribution in [0.3, 0.4) is 0 Å². The van der Waals surface area contributed by atoms with Gasteiger partial charge in [0.2, 0.25) is 11.9 Å². The molecule has 2 N–H and O–H groups in total. The van der Waals surface area contributed by atoms with Gasteiger partial charge in [0.05, 0.1) is 17.3 Å². The summed E-state index contributed by atoms with van der Waals surface area (Å²) in [6.45, 7) is 8.53. The number of hydrogen-bond donors (Lipinski definition) is 2. The van der Waals surface area contributed by atoms with Crippen LogP contribution in [0.5, 0.6) is 11.5 Å². The Morgan fingerprint density at radius 1 is 1.05 bits per heavy atom. The van der Waals surface area contributed by atoms with E-state index in [0.717, 1.165) is 56.6 Å². The number of ether oxygens (including phenoxy) is 1. The number of piperazine rings is 1. The fourth-order valence-electron chi connectivity index (χ4n) is 5.74. The molecule has 10 nitrogen and oxygen atoms in total. The average Bonchev–Trinajstić information content (AvgIpc) is 3.33. The van der Waals surface area contributed by atoms with E-state index in [1.54, 1.807) is 30.5 Å². The molecular formula is C30H33F3N8O2. The van der Waals surface area contributed by atoms with Crippen LogP contribution in [0.2, 0.25) is 0 Å². The number of hydrogen-bond acceptors (Lipinski definition) is 8. The molecule has 1 fully saturated rings. The number of carbonyl (C=O) groups is 1. The number of nitrogens with zero attached hydrogens (tertiary/aromatic N) is 6. The Kier molecular flexibility index (Phi) is 7.93. The molecule has 0 atom stereocenters. The third kappa shape index (κ3) is 6.27. The fourth-order valence-corrected chi connectivity index (χ4v) is 5.74. The van der Waals surface area contributed by atoms with Gasteiger partial charge in [0, 0.05) is 69.7 Å². The smallest absolute Gasteiger partial charge is 0.416 e. The van der Waals surface area contributed by atoms with E-state index >= 15 is 0 Å². The Labute approximate surface area is 246 Å². The third-order valence-corrected chi connectivity index (χ3v) is 7.89. The van der Waals surface area contributed by atoms with Crippen LogP contribution in [0.4, 0.5) is 30.6 Å². The summed E-state index contributed by atoms with van der Waals surface area (Å²) in [5.74, 6) is 1.58. The van der Waals surface area contributed by atoms with Crippen LogP contribution in [0, 0.1) is 0 Å². The first-order valence-electron chi connectivity index (χ1n) is 14.4. The first-order chi connectivity index (χ1) is 20.7. The predicted octanol–water partition coefficient (Wildman–Crippen LogP) is 5.42. The number of imidazole rings is 1. The number of nitrogens with one attached hydrogen (secondary N) is 2. The molecule has 0 spiro atoms. The van der Waals surface area contributed by atoms with Gasteiger partial charge < -0.3 is 24.8 Å². The van der Waals surface area contributed by atoms with Crippen LogP contribution in [-0.2, 0) is 30.5 Å². The van der Waals surface area contributed by atoms with Gasteiger partial charge in [-0.15, -0.1) is 0 Å². The molecule has 0 radical (unpaired) electrons. The van der Waals surface area contributed by atoms with E-state index in [9.17, 15) is 18.0 Å². The predicted molar refractivity (Wildman–Crippen MR) is 157 cm³/mol. The van der Waals surface area contributed by atoms with Crippen molar-refractivity contribution in [3.8, 4) is 11.5 Å². The molecule has 43 heavy (non-hydrogen) atoms. The zero-order valence-corrected chi connectivity index (χ0v) is 24.0.